The van der Waals surface area contributed by atoms with Gasteiger partial charge in [-0.2, -0.15) is 5.10 Å². The first-order valence-electron chi connectivity index (χ1n) is 8.67. The molecular formula is C20H25N3O2. The number of carbonyl (C=O) groups is 1. The molecule has 25 heavy (non-hydrogen) atoms. The Kier molecular flexibility index (Phi) is 4.66. The van der Waals surface area contributed by atoms with Crippen LogP contribution in [0, 0.1) is 34.6 Å². The Morgan fingerprint density at radius 1 is 1.16 bits per heavy atom. The fourth-order valence-corrected chi connectivity index (χ4v) is 3.15. The van der Waals surface area contributed by atoms with Crippen LogP contribution in [0.2, 0.25) is 0 Å². The monoisotopic (exact) mass is 339 g/mol. The summed E-state index contributed by atoms with van der Waals surface area (Å²) in [5, 5.41) is 8.40. The van der Waals surface area contributed by atoms with Crippen LogP contribution in [0.3, 0.4) is 0 Å². The first-order valence-corrected chi connectivity index (χ1v) is 8.67. The Morgan fingerprint density at radius 3 is 2.60 bits per heavy atom. The summed E-state index contributed by atoms with van der Waals surface area (Å²) in [5.74, 6) is 0.258. The first kappa shape index (κ1) is 17.3. The molecule has 0 bridgehead atoms. The summed E-state index contributed by atoms with van der Waals surface area (Å²) in [6.45, 7) is 11.4. The number of furan rings is 1. The third-order valence-corrected chi connectivity index (χ3v) is 4.77. The summed E-state index contributed by atoms with van der Waals surface area (Å²) in [7, 11) is 0. The third kappa shape index (κ3) is 3.31. The number of aromatic nitrogens is 2. The van der Waals surface area contributed by atoms with E-state index < -0.39 is 0 Å². The SMILES string of the molecule is Cc1cc(C)n(CCCNC(=O)c2oc3c(C)c(C)ccc3c2C)n1. The van der Waals surface area contributed by atoms with E-state index in [-0.39, 0.29) is 5.91 Å². The van der Waals surface area contributed by atoms with Crippen molar-refractivity contribution in [3.8, 4) is 0 Å². The molecule has 5 heteroatoms. The molecule has 0 aliphatic heterocycles. The number of nitrogens with zero attached hydrogens (tertiary/aromatic N) is 2. The molecule has 0 radical (unpaired) electrons. The van der Waals surface area contributed by atoms with Crippen molar-refractivity contribution >= 4 is 16.9 Å². The highest BCUT2D eigenvalue weighted by molar-refractivity contribution is 5.99. The molecule has 3 rings (SSSR count). The molecule has 1 amide bonds. The summed E-state index contributed by atoms with van der Waals surface area (Å²) in [4.78, 5) is 12.5. The van der Waals surface area contributed by atoms with Crippen molar-refractivity contribution in [2.45, 2.75) is 47.6 Å². The van der Waals surface area contributed by atoms with Crippen LogP contribution in [0.4, 0.5) is 0 Å². The maximum Gasteiger partial charge on any atom is 0.287 e. The summed E-state index contributed by atoms with van der Waals surface area (Å²) in [6.07, 6.45) is 0.825. The van der Waals surface area contributed by atoms with Gasteiger partial charge in [-0.15, -0.1) is 0 Å². The fourth-order valence-electron chi connectivity index (χ4n) is 3.15. The quantitative estimate of drug-likeness (QED) is 0.715. The molecule has 2 heterocycles. The Bertz CT molecular complexity index is 934. The predicted octanol–water partition coefficient (Wildman–Crippen LogP) is 3.99. The highest BCUT2D eigenvalue weighted by Gasteiger charge is 2.18. The number of fused-ring (bicyclic) bond motifs is 1. The van der Waals surface area contributed by atoms with Gasteiger partial charge in [-0.05, 0) is 58.2 Å². The van der Waals surface area contributed by atoms with Crippen LogP contribution in [-0.4, -0.2) is 22.2 Å². The molecule has 0 aliphatic carbocycles. The van der Waals surface area contributed by atoms with E-state index in [4.69, 9.17) is 4.42 Å². The van der Waals surface area contributed by atoms with Crippen molar-refractivity contribution in [2.24, 2.45) is 0 Å². The number of hydrogen-bond donors (Lipinski definition) is 1. The standard InChI is InChI=1S/C20H25N3O2/c1-12-7-8-17-16(5)19(25-18(17)15(12)4)20(24)21-9-6-10-23-14(3)11-13(2)22-23/h7-8,11H,6,9-10H2,1-5H3,(H,21,24). The van der Waals surface area contributed by atoms with Gasteiger partial charge in [0.05, 0.1) is 5.69 Å². The highest BCUT2D eigenvalue weighted by atomic mass is 16.3. The lowest BCUT2D eigenvalue weighted by Gasteiger charge is -2.06. The van der Waals surface area contributed by atoms with E-state index in [1.54, 1.807) is 0 Å². The lowest BCUT2D eigenvalue weighted by molar-refractivity contribution is 0.0926. The minimum absolute atomic E-state index is 0.154. The Hall–Kier alpha value is -2.56. The lowest BCUT2D eigenvalue weighted by atomic mass is 10.0. The van der Waals surface area contributed by atoms with Gasteiger partial charge in [0, 0.05) is 29.7 Å². The molecule has 132 valence electrons. The molecule has 5 nitrogen and oxygen atoms in total. The fraction of sp³-hybridized carbons (Fsp3) is 0.400. The van der Waals surface area contributed by atoms with Gasteiger partial charge in [-0.3, -0.25) is 9.48 Å². The largest absolute Gasteiger partial charge is 0.450 e. The highest BCUT2D eigenvalue weighted by Crippen LogP contribution is 2.29. The first-order chi connectivity index (χ1) is 11.9. The average Bonchev–Trinajstić information content (AvgIpc) is 3.07. The molecule has 3 aromatic rings. The number of carbonyl (C=O) groups excluding carboxylic acids is 1. The Balaban J connectivity index is 1.65. The number of aryl methyl sites for hydroxylation is 6. The number of amides is 1. The summed E-state index contributed by atoms with van der Waals surface area (Å²) >= 11 is 0. The van der Waals surface area contributed by atoms with E-state index in [0.717, 1.165) is 52.0 Å². The van der Waals surface area contributed by atoms with Crippen LogP contribution in [0.25, 0.3) is 11.0 Å². The van der Waals surface area contributed by atoms with Crippen molar-refractivity contribution in [1.29, 1.82) is 0 Å². The number of nitrogens with one attached hydrogen (secondary N) is 1. The topological polar surface area (TPSA) is 60.1 Å². The Morgan fingerprint density at radius 2 is 1.92 bits per heavy atom. The van der Waals surface area contributed by atoms with Gasteiger partial charge in [0.1, 0.15) is 5.58 Å². The molecule has 0 aliphatic rings. The van der Waals surface area contributed by atoms with Crippen LogP contribution in [0.1, 0.15) is 45.1 Å². The van der Waals surface area contributed by atoms with Gasteiger partial charge in [0.15, 0.2) is 5.76 Å². The van der Waals surface area contributed by atoms with Crippen molar-refractivity contribution in [2.75, 3.05) is 6.54 Å². The molecule has 0 fully saturated rings. The predicted molar refractivity (Wildman–Crippen MR) is 99.1 cm³/mol. The minimum Gasteiger partial charge on any atom is -0.450 e. The van der Waals surface area contributed by atoms with E-state index in [0.29, 0.717) is 12.3 Å². The molecule has 0 saturated carbocycles. The zero-order valence-electron chi connectivity index (χ0n) is 15.6. The molecule has 0 spiro atoms. The van der Waals surface area contributed by atoms with Crippen LogP contribution in [-0.2, 0) is 6.54 Å². The zero-order valence-corrected chi connectivity index (χ0v) is 15.6. The number of benzene rings is 1. The van der Waals surface area contributed by atoms with Gasteiger partial charge < -0.3 is 9.73 Å². The van der Waals surface area contributed by atoms with Gasteiger partial charge in [0.25, 0.3) is 5.91 Å². The lowest BCUT2D eigenvalue weighted by Crippen LogP contribution is -2.25. The second-order valence-electron chi connectivity index (χ2n) is 6.70. The van der Waals surface area contributed by atoms with Gasteiger partial charge in [-0.25, -0.2) is 0 Å². The van der Waals surface area contributed by atoms with E-state index in [1.807, 2.05) is 45.4 Å². The summed E-state index contributed by atoms with van der Waals surface area (Å²) in [5.41, 5.74) is 6.12. The Labute approximate surface area is 148 Å². The molecular weight excluding hydrogens is 314 g/mol. The number of rotatable bonds is 5. The smallest absolute Gasteiger partial charge is 0.287 e. The van der Waals surface area contributed by atoms with E-state index in [2.05, 4.69) is 22.5 Å². The maximum absolute atomic E-state index is 12.5. The van der Waals surface area contributed by atoms with Gasteiger partial charge in [0.2, 0.25) is 0 Å². The van der Waals surface area contributed by atoms with Crippen LogP contribution in [0.5, 0.6) is 0 Å². The second kappa shape index (κ2) is 6.75. The minimum atomic E-state index is -0.154. The van der Waals surface area contributed by atoms with Gasteiger partial charge in [-0.1, -0.05) is 12.1 Å². The zero-order chi connectivity index (χ0) is 18.1. The van der Waals surface area contributed by atoms with Crippen LogP contribution >= 0.6 is 0 Å². The second-order valence-corrected chi connectivity index (χ2v) is 6.70. The molecule has 1 N–H and O–H groups in total. The van der Waals surface area contributed by atoms with E-state index in [9.17, 15) is 4.79 Å². The third-order valence-electron chi connectivity index (χ3n) is 4.77. The summed E-state index contributed by atoms with van der Waals surface area (Å²) < 4.78 is 7.85. The molecule has 0 atom stereocenters. The maximum atomic E-state index is 12.5. The van der Waals surface area contributed by atoms with Gasteiger partial charge >= 0.3 is 0 Å². The van der Waals surface area contributed by atoms with Crippen LogP contribution < -0.4 is 5.32 Å². The number of hydrogen-bond acceptors (Lipinski definition) is 3. The average molecular weight is 339 g/mol. The van der Waals surface area contributed by atoms with E-state index >= 15 is 0 Å². The normalized spacial score (nSPS) is 11.2. The van der Waals surface area contributed by atoms with Crippen molar-refractivity contribution in [3.05, 3.63) is 52.0 Å². The van der Waals surface area contributed by atoms with E-state index in [1.165, 1.54) is 0 Å². The molecule has 1 aromatic carbocycles. The van der Waals surface area contributed by atoms with Crippen LogP contribution in [0.15, 0.2) is 22.6 Å². The molecule has 0 unspecified atom stereocenters. The molecule has 0 saturated heterocycles. The van der Waals surface area contributed by atoms with Crippen molar-refractivity contribution < 1.29 is 9.21 Å². The van der Waals surface area contributed by atoms with Crippen molar-refractivity contribution in [1.82, 2.24) is 15.1 Å². The molecule has 2 aromatic heterocycles. The van der Waals surface area contributed by atoms with Crippen molar-refractivity contribution in [3.63, 3.8) is 0 Å². The summed E-state index contributed by atoms with van der Waals surface area (Å²) in [6, 6.07) is 6.15.